The minimum Gasteiger partial charge on any atom is -0.292 e. The lowest BCUT2D eigenvalue weighted by Crippen LogP contribution is -2.45. The van der Waals surface area contributed by atoms with E-state index in [4.69, 9.17) is 0 Å². The molecule has 0 aromatic heterocycles. The first kappa shape index (κ1) is 21.0. The van der Waals surface area contributed by atoms with Crippen molar-refractivity contribution in [2.45, 2.75) is 24.7 Å². The molecule has 2 aromatic carbocycles. The molecule has 29 heavy (non-hydrogen) atoms. The normalized spacial score (nSPS) is 19.0. The largest absolute Gasteiger partial charge is 0.416 e. The molecular formula is C17H15BrF3N5O3. The number of hydrazine groups is 2. The van der Waals surface area contributed by atoms with Crippen LogP contribution in [-0.2, 0) is 11.0 Å². The molecule has 2 atom stereocenters. The number of anilines is 1. The van der Waals surface area contributed by atoms with E-state index in [1.807, 2.05) is 24.3 Å². The summed E-state index contributed by atoms with van der Waals surface area (Å²) in [5.74, 6) is -0.522. The number of benzene rings is 2. The highest BCUT2D eigenvalue weighted by Gasteiger charge is 2.34. The third-order valence-electron chi connectivity index (χ3n) is 4.33. The molecule has 0 bridgehead atoms. The number of rotatable bonds is 5. The number of nitro benzene ring substituents is 1. The van der Waals surface area contributed by atoms with E-state index in [1.165, 1.54) is 0 Å². The smallest absolute Gasteiger partial charge is 0.292 e. The molecule has 4 N–H and O–H groups in total. The van der Waals surface area contributed by atoms with E-state index in [9.17, 15) is 28.1 Å². The van der Waals surface area contributed by atoms with Gasteiger partial charge in [0.2, 0.25) is 0 Å². The van der Waals surface area contributed by atoms with Gasteiger partial charge in [0.1, 0.15) is 11.7 Å². The van der Waals surface area contributed by atoms with E-state index in [1.54, 1.807) is 0 Å². The first-order valence-corrected chi connectivity index (χ1v) is 9.12. The van der Waals surface area contributed by atoms with Crippen molar-refractivity contribution in [2.75, 3.05) is 5.43 Å². The highest BCUT2D eigenvalue weighted by molar-refractivity contribution is 9.10. The van der Waals surface area contributed by atoms with Gasteiger partial charge in [-0.1, -0.05) is 28.1 Å². The zero-order valence-corrected chi connectivity index (χ0v) is 16.2. The highest BCUT2D eigenvalue weighted by atomic mass is 79.9. The second kappa shape index (κ2) is 8.35. The highest BCUT2D eigenvalue weighted by Crippen LogP contribution is 2.34. The van der Waals surface area contributed by atoms with Gasteiger partial charge in [-0.2, -0.15) is 13.2 Å². The number of amides is 1. The number of nitro groups is 1. The molecule has 1 saturated heterocycles. The molecule has 8 nitrogen and oxygen atoms in total. The van der Waals surface area contributed by atoms with Gasteiger partial charge in [-0.25, -0.2) is 10.9 Å². The number of halogens is 4. The van der Waals surface area contributed by atoms with Crippen molar-refractivity contribution in [2.24, 2.45) is 0 Å². The zero-order chi connectivity index (χ0) is 21.2. The summed E-state index contributed by atoms with van der Waals surface area (Å²) >= 11 is 3.34. The molecule has 1 amide bonds. The maximum absolute atomic E-state index is 12.7. The van der Waals surface area contributed by atoms with Gasteiger partial charge in [-0.05, 0) is 36.2 Å². The van der Waals surface area contributed by atoms with Crippen LogP contribution in [0.5, 0.6) is 0 Å². The average Bonchev–Trinajstić information content (AvgIpc) is 3.16. The van der Waals surface area contributed by atoms with Gasteiger partial charge in [-0.15, -0.1) is 0 Å². The van der Waals surface area contributed by atoms with E-state index in [0.717, 1.165) is 16.1 Å². The van der Waals surface area contributed by atoms with Crippen molar-refractivity contribution in [3.63, 3.8) is 0 Å². The summed E-state index contributed by atoms with van der Waals surface area (Å²) in [5.41, 5.74) is 9.18. The Bertz CT molecular complexity index is 924. The van der Waals surface area contributed by atoms with E-state index in [-0.39, 0.29) is 11.7 Å². The van der Waals surface area contributed by atoms with Crippen molar-refractivity contribution >= 4 is 33.2 Å². The minimum atomic E-state index is -4.71. The minimum absolute atomic E-state index is 0.126. The Morgan fingerprint density at radius 2 is 1.86 bits per heavy atom. The van der Waals surface area contributed by atoms with Crippen molar-refractivity contribution in [1.82, 2.24) is 16.3 Å². The standard InChI is InChI=1S/C17H15BrF3N5O3/c18-11-4-1-9(2-5-11)13-8-14(24-23-13)16(27)25-22-12-6-3-10(17(19,20)21)7-15(12)26(28)29/h1-7,13-14,22-24H,8H2,(H,25,27). The van der Waals surface area contributed by atoms with Crippen LogP contribution in [0.3, 0.4) is 0 Å². The van der Waals surface area contributed by atoms with E-state index in [0.29, 0.717) is 18.6 Å². The fraction of sp³-hybridized carbons (Fsp3) is 0.235. The quantitative estimate of drug-likeness (QED) is 0.391. The van der Waals surface area contributed by atoms with Gasteiger partial charge >= 0.3 is 6.18 Å². The van der Waals surface area contributed by atoms with Gasteiger partial charge in [-0.3, -0.25) is 25.8 Å². The molecule has 154 valence electrons. The molecule has 1 aliphatic rings. The summed E-state index contributed by atoms with van der Waals surface area (Å²) < 4.78 is 39.2. The maximum Gasteiger partial charge on any atom is 0.416 e. The van der Waals surface area contributed by atoms with Gasteiger partial charge in [0.05, 0.1) is 10.5 Å². The summed E-state index contributed by atoms with van der Waals surface area (Å²) in [6.45, 7) is 0. The number of alkyl halides is 3. The molecule has 1 fully saturated rings. The molecule has 1 aliphatic heterocycles. The van der Waals surface area contributed by atoms with E-state index in [2.05, 4.69) is 37.6 Å². The molecule has 0 spiro atoms. The van der Waals surface area contributed by atoms with Crippen LogP contribution >= 0.6 is 15.9 Å². The van der Waals surface area contributed by atoms with Gasteiger partial charge < -0.3 is 0 Å². The predicted molar refractivity (Wildman–Crippen MR) is 101 cm³/mol. The Labute approximate surface area is 171 Å². The fourth-order valence-electron chi connectivity index (χ4n) is 2.82. The number of hydrogen-bond acceptors (Lipinski definition) is 6. The van der Waals surface area contributed by atoms with Gasteiger partial charge in [0.25, 0.3) is 11.6 Å². The average molecular weight is 474 g/mol. The van der Waals surface area contributed by atoms with Crippen LogP contribution in [-0.4, -0.2) is 16.9 Å². The van der Waals surface area contributed by atoms with Crippen LogP contribution in [0, 0.1) is 10.1 Å². The number of hydrogen-bond donors (Lipinski definition) is 4. The summed E-state index contributed by atoms with van der Waals surface area (Å²) in [5, 5.41) is 11.1. The first-order chi connectivity index (χ1) is 13.6. The summed E-state index contributed by atoms with van der Waals surface area (Å²) in [6, 6.07) is 8.76. The lowest BCUT2D eigenvalue weighted by molar-refractivity contribution is -0.384. The zero-order valence-electron chi connectivity index (χ0n) is 14.6. The number of carbonyl (C=O) groups excluding carboxylic acids is 1. The summed E-state index contributed by atoms with van der Waals surface area (Å²) in [7, 11) is 0. The molecule has 1 heterocycles. The summed E-state index contributed by atoms with van der Waals surface area (Å²) in [6.07, 6.45) is -4.31. The Hall–Kier alpha value is -2.70. The molecule has 2 unspecified atom stereocenters. The monoisotopic (exact) mass is 473 g/mol. The second-order valence-electron chi connectivity index (χ2n) is 6.28. The molecule has 0 saturated carbocycles. The summed E-state index contributed by atoms with van der Waals surface area (Å²) in [4.78, 5) is 22.5. The molecule has 12 heteroatoms. The fourth-order valence-corrected chi connectivity index (χ4v) is 3.09. The van der Waals surface area contributed by atoms with Crippen molar-refractivity contribution < 1.29 is 22.9 Å². The third kappa shape index (κ3) is 5.02. The Kier molecular flexibility index (Phi) is 6.05. The van der Waals surface area contributed by atoms with Crippen LogP contribution in [0.4, 0.5) is 24.5 Å². The van der Waals surface area contributed by atoms with E-state index < -0.39 is 34.3 Å². The van der Waals surface area contributed by atoms with Crippen molar-refractivity contribution in [3.05, 3.63) is 68.2 Å². The van der Waals surface area contributed by atoms with Crippen LogP contribution in [0.1, 0.15) is 23.6 Å². The lowest BCUT2D eigenvalue weighted by atomic mass is 10.0. The van der Waals surface area contributed by atoms with Crippen molar-refractivity contribution in [3.8, 4) is 0 Å². The van der Waals surface area contributed by atoms with Crippen LogP contribution < -0.4 is 21.7 Å². The molecule has 0 aliphatic carbocycles. The second-order valence-corrected chi connectivity index (χ2v) is 7.20. The van der Waals surface area contributed by atoms with Gasteiger partial charge in [0, 0.05) is 16.6 Å². The van der Waals surface area contributed by atoms with Crippen LogP contribution in [0.15, 0.2) is 46.9 Å². The molecule has 2 aromatic rings. The molecule has 0 radical (unpaired) electrons. The third-order valence-corrected chi connectivity index (χ3v) is 4.86. The number of nitrogens with zero attached hydrogens (tertiary/aromatic N) is 1. The Balaban J connectivity index is 1.63. The lowest BCUT2D eigenvalue weighted by Gasteiger charge is -2.14. The predicted octanol–water partition coefficient (Wildman–Crippen LogP) is 3.43. The molecule has 3 rings (SSSR count). The number of carbonyl (C=O) groups is 1. The SMILES string of the molecule is O=C(NNc1ccc(C(F)(F)F)cc1[N+](=O)[O-])C1CC(c2ccc(Br)cc2)NN1. The van der Waals surface area contributed by atoms with Crippen LogP contribution in [0.2, 0.25) is 0 Å². The first-order valence-electron chi connectivity index (χ1n) is 8.33. The molecular weight excluding hydrogens is 459 g/mol. The topological polar surface area (TPSA) is 108 Å². The van der Waals surface area contributed by atoms with Crippen molar-refractivity contribution in [1.29, 1.82) is 0 Å². The Morgan fingerprint density at radius 3 is 2.48 bits per heavy atom. The van der Waals surface area contributed by atoms with Gasteiger partial charge in [0.15, 0.2) is 0 Å². The van der Waals surface area contributed by atoms with Crippen LogP contribution in [0.25, 0.3) is 0 Å². The van der Waals surface area contributed by atoms with E-state index >= 15 is 0 Å². The number of nitrogens with one attached hydrogen (secondary N) is 4. The Morgan fingerprint density at radius 1 is 1.17 bits per heavy atom. The maximum atomic E-state index is 12.7.